The van der Waals surface area contributed by atoms with Gasteiger partial charge in [-0.25, -0.2) is 4.98 Å². The zero-order valence-electron chi connectivity index (χ0n) is 12.5. The molecule has 0 aliphatic rings. The highest BCUT2D eigenvalue weighted by Gasteiger charge is 2.33. The minimum atomic E-state index is -4.51. The quantitative estimate of drug-likeness (QED) is 0.837. The van der Waals surface area contributed by atoms with Crippen LogP contribution in [0.1, 0.15) is 47.9 Å². The smallest absolute Gasteiger partial charge is 0.348 e. The molecule has 0 spiro atoms. The summed E-state index contributed by atoms with van der Waals surface area (Å²) in [6, 6.07) is 1.78. The molecule has 8 heteroatoms. The Morgan fingerprint density at radius 2 is 2.05 bits per heavy atom. The number of alkyl halides is 3. The number of carbonyl (C=O) groups is 1. The molecule has 0 bridgehead atoms. The highest BCUT2D eigenvalue weighted by Crippen LogP contribution is 2.28. The van der Waals surface area contributed by atoms with E-state index in [1.807, 2.05) is 6.92 Å². The lowest BCUT2D eigenvalue weighted by Crippen LogP contribution is -2.40. The van der Waals surface area contributed by atoms with E-state index in [4.69, 9.17) is 5.73 Å². The predicted octanol–water partition coefficient (Wildman–Crippen LogP) is 3.08. The SMILES string of the molecule is CCCCC(CN)NC(=O)c1ccc(C(F)(F)F)nc1C.Cl. The lowest BCUT2D eigenvalue weighted by atomic mass is 10.1. The van der Waals surface area contributed by atoms with Crippen LogP contribution in [-0.2, 0) is 6.18 Å². The molecule has 1 aromatic rings. The summed E-state index contributed by atoms with van der Waals surface area (Å²) in [6.07, 6.45) is -1.87. The van der Waals surface area contributed by atoms with Crippen molar-refractivity contribution in [1.82, 2.24) is 10.3 Å². The van der Waals surface area contributed by atoms with Gasteiger partial charge < -0.3 is 11.1 Å². The molecule has 22 heavy (non-hydrogen) atoms. The minimum absolute atomic E-state index is 0. The lowest BCUT2D eigenvalue weighted by Gasteiger charge is -2.17. The monoisotopic (exact) mass is 339 g/mol. The standard InChI is InChI=1S/C14H20F3N3O.ClH/c1-3-4-5-10(8-18)20-13(21)11-6-7-12(14(15,16)17)19-9(11)2;/h6-7,10H,3-5,8,18H2,1-2H3,(H,20,21);1H. The number of pyridine rings is 1. The van der Waals surface area contributed by atoms with E-state index in [1.54, 1.807) is 0 Å². The van der Waals surface area contributed by atoms with E-state index in [0.717, 1.165) is 31.4 Å². The van der Waals surface area contributed by atoms with Crippen molar-refractivity contribution in [2.75, 3.05) is 6.54 Å². The molecular formula is C14H21ClF3N3O. The van der Waals surface area contributed by atoms with Crippen molar-refractivity contribution in [2.45, 2.75) is 45.3 Å². The highest BCUT2D eigenvalue weighted by atomic mass is 35.5. The maximum absolute atomic E-state index is 12.5. The molecule has 126 valence electrons. The number of hydrogen-bond donors (Lipinski definition) is 2. The summed E-state index contributed by atoms with van der Waals surface area (Å²) in [4.78, 5) is 15.5. The molecule has 0 aliphatic carbocycles. The first-order valence-electron chi connectivity index (χ1n) is 6.85. The van der Waals surface area contributed by atoms with E-state index in [1.165, 1.54) is 6.92 Å². The van der Waals surface area contributed by atoms with Gasteiger partial charge in [0.05, 0.1) is 11.3 Å². The van der Waals surface area contributed by atoms with Gasteiger partial charge in [0.2, 0.25) is 0 Å². The van der Waals surface area contributed by atoms with Crippen molar-refractivity contribution in [3.63, 3.8) is 0 Å². The summed E-state index contributed by atoms with van der Waals surface area (Å²) in [5.41, 5.74) is 4.76. The first-order valence-corrected chi connectivity index (χ1v) is 6.85. The van der Waals surface area contributed by atoms with Gasteiger partial charge in [0.25, 0.3) is 5.91 Å². The minimum Gasteiger partial charge on any atom is -0.348 e. The van der Waals surface area contributed by atoms with E-state index in [2.05, 4.69) is 10.3 Å². The number of nitrogens with one attached hydrogen (secondary N) is 1. The van der Waals surface area contributed by atoms with Crippen LogP contribution in [0.2, 0.25) is 0 Å². The molecule has 1 atom stereocenters. The third kappa shape index (κ3) is 5.81. The van der Waals surface area contributed by atoms with Gasteiger partial charge in [-0.2, -0.15) is 13.2 Å². The Hall–Kier alpha value is -1.34. The zero-order valence-corrected chi connectivity index (χ0v) is 13.4. The van der Waals surface area contributed by atoms with Crippen molar-refractivity contribution in [3.8, 4) is 0 Å². The Morgan fingerprint density at radius 1 is 1.41 bits per heavy atom. The lowest BCUT2D eigenvalue weighted by molar-refractivity contribution is -0.141. The predicted molar refractivity (Wildman–Crippen MR) is 81.1 cm³/mol. The van der Waals surface area contributed by atoms with Gasteiger partial charge >= 0.3 is 6.18 Å². The molecule has 1 amide bonds. The maximum Gasteiger partial charge on any atom is 0.433 e. The van der Waals surface area contributed by atoms with Gasteiger partial charge in [0.1, 0.15) is 5.69 Å². The number of aromatic nitrogens is 1. The normalized spacial score (nSPS) is 12.5. The van der Waals surface area contributed by atoms with Gasteiger partial charge in [-0.3, -0.25) is 4.79 Å². The second kappa shape index (κ2) is 8.95. The van der Waals surface area contributed by atoms with E-state index >= 15 is 0 Å². The third-order valence-electron chi connectivity index (χ3n) is 3.15. The van der Waals surface area contributed by atoms with Crippen LogP contribution >= 0.6 is 12.4 Å². The number of halogens is 4. The average molecular weight is 340 g/mol. The molecule has 0 fully saturated rings. The van der Waals surface area contributed by atoms with Gasteiger partial charge in [0.15, 0.2) is 0 Å². The molecule has 1 rings (SSSR count). The molecule has 1 aromatic heterocycles. The summed E-state index contributed by atoms with van der Waals surface area (Å²) >= 11 is 0. The summed E-state index contributed by atoms with van der Waals surface area (Å²) in [5, 5.41) is 2.73. The number of nitrogens with two attached hydrogens (primary N) is 1. The summed E-state index contributed by atoms with van der Waals surface area (Å²) < 4.78 is 37.6. The van der Waals surface area contributed by atoms with Crippen LogP contribution in [0.15, 0.2) is 12.1 Å². The topological polar surface area (TPSA) is 68.0 Å². The second-order valence-electron chi connectivity index (χ2n) is 4.88. The highest BCUT2D eigenvalue weighted by molar-refractivity contribution is 5.95. The number of rotatable bonds is 6. The average Bonchev–Trinajstić information content (AvgIpc) is 2.41. The molecular weight excluding hydrogens is 319 g/mol. The maximum atomic E-state index is 12.5. The molecule has 0 saturated carbocycles. The molecule has 0 radical (unpaired) electrons. The van der Waals surface area contributed by atoms with Crippen molar-refractivity contribution in [1.29, 1.82) is 0 Å². The van der Waals surface area contributed by atoms with Crippen molar-refractivity contribution < 1.29 is 18.0 Å². The Kier molecular flexibility index (Phi) is 8.40. The van der Waals surface area contributed by atoms with Crippen LogP contribution in [-0.4, -0.2) is 23.5 Å². The number of carbonyl (C=O) groups excluding carboxylic acids is 1. The van der Waals surface area contributed by atoms with Crippen molar-refractivity contribution in [2.24, 2.45) is 5.73 Å². The van der Waals surface area contributed by atoms with Crippen LogP contribution in [0, 0.1) is 6.92 Å². The fourth-order valence-electron chi connectivity index (χ4n) is 1.92. The molecule has 1 heterocycles. The van der Waals surface area contributed by atoms with Gasteiger partial charge in [0, 0.05) is 12.6 Å². The number of nitrogens with zero attached hydrogens (tertiary/aromatic N) is 1. The first kappa shape index (κ1) is 20.7. The third-order valence-corrected chi connectivity index (χ3v) is 3.15. The fraction of sp³-hybridized carbons (Fsp3) is 0.571. The van der Waals surface area contributed by atoms with Crippen LogP contribution in [0.5, 0.6) is 0 Å². The van der Waals surface area contributed by atoms with Gasteiger partial charge in [-0.15, -0.1) is 12.4 Å². The number of aryl methyl sites for hydroxylation is 1. The van der Waals surface area contributed by atoms with Crippen molar-refractivity contribution in [3.05, 3.63) is 29.1 Å². The van der Waals surface area contributed by atoms with Crippen LogP contribution < -0.4 is 11.1 Å². The van der Waals surface area contributed by atoms with E-state index in [9.17, 15) is 18.0 Å². The molecule has 0 aromatic carbocycles. The largest absolute Gasteiger partial charge is 0.433 e. The Balaban J connectivity index is 0.00000441. The van der Waals surface area contributed by atoms with Gasteiger partial charge in [-0.1, -0.05) is 19.8 Å². The molecule has 0 aliphatic heterocycles. The molecule has 1 unspecified atom stereocenters. The second-order valence-corrected chi connectivity index (χ2v) is 4.88. The number of hydrogen-bond acceptors (Lipinski definition) is 3. The van der Waals surface area contributed by atoms with Crippen LogP contribution in [0.25, 0.3) is 0 Å². The fourth-order valence-corrected chi connectivity index (χ4v) is 1.92. The van der Waals surface area contributed by atoms with E-state index < -0.39 is 17.8 Å². The van der Waals surface area contributed by atoms with Gasteiger partial charge in [-0.05, 0) is 25.5 Å². The zero-order chi connectivity index (χ0) is 16.0. The van der Waals surface area contributed by atoms with Crippen LogP contribution in [0.4, 0.5) is 13.2 Å². The Labute approximate surface area is 134 Å². The Bertz CT molecular complexity index is 495. The number of amides is 1. The first-order chi connectivity index (χ1) is 9.79. The molecule has 0 saturated heterocycles. The van der Waals surface area contributed by atoms with E-state index in [-0.39, 0.29) is 29.7 Å². The summed E-state index contributed by atoms with van der Waals surface area (Å²) in [6.45, 7) is 3.70. The molecule has 3 N–H and O–H groups in total. The van der Waals surface area contributed by atoms with Crippen molar-refractivity contribution >= 4 is 18.3 Å². The van der Waals surface area contributed by atoms with Crippen LogP contribution in [0.3, 0.4) is 0 Å². The van der Waals surface area contributed by atoms with E-state index in [0.29, 0.717) is 6.54 Å². The summed E-state index contributed by atoms with van der Waals surface area (Å²) in [5.74, 6) is -0.444. The Morgan fingerprint density at radius 3 is 2.50 bits per heavy atom. The summed E-state index contributed by atoms with van der Waals surface area (Å²) in [7, 11) is 0. The number of unbranched alkanes of at least 4 members (excludes halogenated alkanes) is 1. The molecule has 4 nitrogen and oxygen atoms in total.